The van der Waals surface area contributed by atoms with E-state index >= 15 is 0 Å². The molecular weight excluding hydrogens is 1060 g/mol. The molecule has 88 heavy (non-hydrogen) atoms. The maximum absolute atomic E-state index is 2.58. The van der Waals surface area contributed by atoms with Gasteiger partial charge in [0.1, 0.15) is 0 Å². The van der Waals surface area contributed by atoms with Crippen LogP contribution in [0.3, 0.4) is 0 Å². The van der Waals surface area contributed by atoms with E-state index in [1.54, 1.807) is 54.6 Å². The number of aryl methyl sites for hydroxylation is 12. The second-order valence-corrected chi connectivity index (χ2v) is 27.1. The van der Waals surface area contributed by atoms with Gasteiger partial charge in [0.25, 0.3) is 0 Å². The lowest BCUT2D eigenvalue weighted by atomic mass is 9.77. The normalized spacial score (nSPS) is 11.9. The molecular formula is C88H100. The molecule has 12 aromatic carbocycles. The van der Waals surface area contributed by atoms with Crippen LogP contribution in [0.2, 0.25) is 0 Å². The van der Waals surface area contributed by atoms with Gasteiger partial charge < -0.3 is 0 Å². The van der Waals surface area contributed by atoms with Crippen molar-refractivity contribution in [1.82, 2.24) is 0 Å². The predicted molar refractivity (Wildman–Crippen MR) is 391 cm³/mol. The molecule has 0 fully saturated rings. The molecule has 0 atom stereocenters. The Labute approximate surface area is 529 Å². The van der Waals surface area contributed by atoms with Crippen molar-refractivity contribution in [1.29, 1.82) is 0 Å². The second kappa shape index (κ2) is 28.0. The summed E-state index contributed by atoms with van der Waals surface area (Å²) < 4.78 is 0. The number of hydrogen-bond donors (Lipinski definition) is 0. The molecule has 0 nitrogen and oxygen atoms in total. The van der Waals surface area contributed by atoms with E-state index in [2.05, 4.69) is 229 Å². The smallest absolute Gasteiger partial charge is 0.00132 e. The Morgan fingerprint density at radius 2 is 0.375 bits per heavy atom. The third-order valence-corrected chi connectivity index (χ3v) is 19.7. The van der Waals surface area contributed by atoms with Gasteiger partial charge in [-0.25, -0.2) is 0 Å². The fourth-order valence-corrected chi connectivity index (χ4v) is 15.3. The molecule has 0 saturated carbocycles. The second-order valence-electron chi connectivity index (χ2n) is 27.1. The third-order valence-electron chi connectivity index (χ3n) is 19.7. The molecule has 0 aliphatic rings. The molecule has 0 heterocycles. The highest BCUT2D eigenvalue weighted by atomic mass is 14.3. The molecule has 0 N–H and O–H groups in total. The van der Waals surface area contributed by atoms with Crippen LogP contribution in [0.5, 0.6) is 0 Å². The van der Waals surface area contributed by atoms with Crippen molar-refractivity contribution in [2.75, 3.05) is 0 Å². The molecule has 0 amide bonds. The van der Waals surface area contributed by atoms with Gasteiger partial charge in [-0.1, -0.05) is 273 Å². The van der Waals surface area contributed by atoms with Gasteiger partial charge in [0.2, 0.25) is 0 Å². The van der Waals surface area contributed by atoms with Gasteiger partial charge in [0, 0.05) is 0 Å². The zero-order chi connectivity index (χ0) is 61.6. The Morgan fingerprint density at radius 3 is 0.568 bits per heavy atom. The van der Waals surface area contributed by atoms with Crippen molar-refractivity contribution in [3.8, 4) is 44.5 Å². The molecule has 0 spiro atoms. The Kier molecular flexibility index (Phi) is 19.9. The van der Waals surface area contributed by atoms with Gasteiger partial charge in [-0.2, -0.15) is 0 Å². The van der Waals surface area contributed by atoms with Gasteiger partial charge in [0.15, 0.2) is 0 Å². The Hall–Kier alpha value is -7.28. The fraction of sp³-hybridized carbons (Fsp3) is 0.364. The van der Waals surface area contributed by atoms with Gasteiger partial charge in [-0.05, 0) is 260 Å². The van der Waals surface area contributed by atoms with Gasteiger partial charge >= 0.3 is 0 Å². The highest BCUT2D eigenvalue weighted by Crippen LogP contribution is 2.54. The van der Waals surface area contributed by atoms with E-state index in [1.807, 2.05) is 0 Å². The van der Waals surface area contributed by atoms with E-state index < -0.39 is 0 Å². The number of unbranched alkanes of at least 4 members (excludes halogenated alkanes) is 12. The summed E-state index contributed by atoms with van der Waals surface area (Å²) >= 11 is 0. The number of hydrogen-bond acceptors (Lipinski definition) is 0. The molecule has 0 aliphatic carbocycles. The summed E-state index contributed by atoms with van der Waals surface area (Å²) in [7, 11) is 0. The van der Waals surface area contributed by atoms with Crippen LogP contribution in [0.1, 0.15) is 197 Å². The van der Waals surface area contributed by atoms with E-state index in [-0.39, 0.29) is 0 Å². The molecule has 0 unspecified atom stereocenters. The van der Waals surface area contributed by atoms with Gasteiger partial charge in [0.05, 0.1) is 0 Å². The van der Waals surface area contributed by atoms with Gasteiger partial charge in [-0.3, -0.25) is 0 Å². The summed E-state index contributed by atoms with van der Waals surface area (Å²) in [6, 6.07) is 56.5. The quantitative estimate of drug-likeness (QED) is 0.0418. The number of benzene rings is 12. The predicted octanol–water partition coefficient (Wildman–Crippen LogP) is 26.8. The van der Waals surface area contributed by atoms with E-state index in [0.29, 0.717) is 0 Å². The maximum atomic E-state index is 2.58. The molecule has 0 aliphatic heterocycles. The van der Waals surface area contributed by atoms with Crippen molar-refractivity contribution in [2.45, 2.75) is 212 Å². The summed E-state index contributed by atoms with van der Waals surface area (Å²) in [5.41, 5.74) is 27.6. The van der Waals surface area contributed by atoms with Crippen molar-refractivity contribution in [3.05, 3.63) is 212 Å². The first-order chi connectivity index (χ1) is 42.8. The minimum Gasteiger partial charge on any atom is -0.0654 e. The lowest BCUT2D eigenvalue weighted by molar-refractivity contribution is 0.653. The largest absolute Gasteiger partial charge is 0.0654 e. The van der Waals surface area contributed by atoms with E-state index in [4.69, 9.17) is 0 Å². The lowest BCUT2D eigenvalue weighted by Gasteiger charge is -2.26. The molecule has 12 aromatic rings. The number of rotatable bonds is 24. The highest BCUT2D eigenvalue weighted by molar-refractivity contribution is 6.36. The van der Waals surface area contributed by atoms with Crippen LogP contribution in [0, 0.1) is 55.4 Å². The molecule has 0 heteroatoms. The average Bonchev–Trinajstić information content (AvgIpc) is 0.712. The zero-order valence-corrected chi connectivity index (χ0v) is 56.0. The summed E-state index contributed by atoms with van der Waals surface area (Å²) in [6.07, 6.45) is 26.3. The molecule has 0 radical (unpaired) electrons. The van der Waals surface area contributed by atoms with Crippen LogP contribution in [-0.4, -0.2) is 0 Å². The monoisotopic (exact) mass is 1160 g/mol. The molecule has 12 rings (SSSR count). The summed E-state index contributed by atoms with van der Waals surface area (Å²) in [6.45, 7) is 27.3. The molecule has 452 valence electrons. The van der Waals surface area contributed by atoms with Crippen molar-refractivity contribution in [2.24, 2.45) is 0 Å². The minimum absolute atomic E-state index is 1.24. The summed E-state index contributed by atoms with van der Waals surface area (Å²) in [5.74, 6) is 0. The first-order valence-corrected chi connectivity index (χ1v) is 34.6. The lowest BCUT2D eigenvalue weighted by Crippen LogP contribution is -2.06. The Bertz CT molecular complexity index is 3790. The fourth-order valence-electron chi connectivity index (χ4n) is 15.3. The Morgan fingerprint density at radius 1 is 0.193 bits per heavy atom. The first kappa shape index (κ1) is 62.3. The highest BCUT2D eigenvalue weighted by Gasteiger charge is 2.28. The van der Waals surface area contributed by atoms with Crippen LogP contribution < -0.4 is 0 Å². The first-order valence-electron chi connectivity index (χ1n) is 34.6. The van der Waals surface area contributed by atoms with Crippen LogP contribution in [0.25, 0.3) is 109 Å². The molecule has 0 bridgehead atoms. The van der Waals surface area contributed by atoms with Crippen molar-refractivity contribution >= 4 is 64.6 Å². The zero-order valence-electron chi connectivity index (χ0n) is 56.0. The average molecular weight is 1160 g/mol. The summed E-state index contributed by atoms with van der Waals surface area (Å²) in [4.78, 5) is 0. The van der Waals surface area contributed by atoms with Crippen molar-refractivity contribution < 1.29 is 0 Å². The van der Waals surface area contributed by atoms with Crippen LogP contribution in [0.15, 0.2) is 146 Å². The standard InChI is InChI=1S/C46H38.C42H62/c1-27-7-15-33(16-8-27)41-37-23-31(5)25-39-43(35-19-11-29(3)12-20-35)44(36-21-13-30(4)14-22-36)40-26-32(6)24-38(46(40)45(37)39)42(41)34-17-9-28(2)10-18-34;1-7-11-15-19-23-33-34(24-20-16-12-8-2)38-28-32(6)30-40-36(26-22-18-14-10-4)35(25-21-17-13-9-3)39-29-31(5)27-37(33)41(39)42(38)40/h7-26H,1-6H3;27-30H,7-26H2,1-6H3. The molecule has 0 saturated heterocycles. The van der Waals surface area contributed by atoms with Crippen LogP contribution in [0.4, 0.5) is 0 Å². The SMILES string of the molecule is CCCCCCc1c(CCCCCC)c2cc(C)cc3c(CCCCCC)c(CCCCCC)c4cc(C)cc1c4c23.Cc1ccc(-c2c(-c3ccc(C)cc3)c3cc(C)cc4c(-c5ccc(C)cc5)c(-c5ccc(C)cc5)c5cc(C)cc2c5c34)cc1. The van der Waals surface area contributed by atoms with Gasteiger partial charge in [-0.15, -0.1) is 0 Å². The minimum atomic E-state index is 1.24. The van der Waals surface area contributed by atoms with E-state index in [9.17, 15) is 0 Å². The van der Waals surface area contributed by atoms with Crippen LogP contribution >= 0.6 is 0 Å². The third kappa shape index (κ3) is 12.8. The maximum Gasteiger partial charge on any atom is -0.00132 e. The Balaban J connectivity index is 0.000000183. The van der Waals surface area contributed by atoms with E-state index in [0.717, 1.165) is 0 Å². The van der Waals surface area contributed by atoms with Crippen molar-refractivity contribution in [3.63, 3.8) is 0 Å². The van der Waals surface area contributed by atoms with E-state index in [1.165, 1.54) is 250 Å². The van der Waals surface area contributed by atoms with Crippen LogP contribution in [-0.2, 0) is 25.7 Å². The summed E-state index contributed by atoms with van der Waals surface area (Å²) in [5, 5.41) is 17.6. The molecule has 0 aromatic heterocycles. The topological polar surface area (TPSA) is 0 Å².